The molecule has 1 heterocycles. The zero-order chi connectivity index (χ0) is 10.4. The van der Waals surface area contributed by atoms with Gasteiger partial charge in [-0.05, 0) is 5.16 Å². The van der Waals surface area contributed by atoms with E-state index in [9.17, 15) is 4.79 Å². The van der Waals surface area contributed by atoms with Crippen LogP contribution in [0.15, 0.2) is 10.6 Å². The Kier molecular flexibility index (Phi) is 4.50. The molecule has 0 saturated carbocycles. The molecule has 0 aliphatic rings. The van der Waals surface area contributed by atoms with Crippen molar-refractivity contribution in [2.45, 2.75) is 4.43 Å². The van der Waals surface area contributed by atoms with Crippen LogP contribution in [0, 0.1) is 0 Å². The SMILES string of the molecule is NC(=O)OCCOc1cc(CI)on1. The first kappa shape index (κ1) is 11.1. The first-order valence-corrected chi connectivity index (χ1v) is 5.31. The predicted molar refractivity (Wildman–Crippen MR) is 55.3 cm³/mol. The Morgan fingerprint density at radius 3 is 3.00 bits per heavy atom. The number of rotatable bonds is 5. The average Bonchev–Trinajstić information content (AvgIpc) is 2.60. The third-order valence-electron chi connectivity index (χ3n) is 1.25. The zero-order valence-electron chi connectivity index (χ0n) is 7.23. The van der Waals surface area contributed by atoms with Crippen LogP contribution in [0.4, 0.5) is 4.79 Å². The van der Waals surface area contributed by atoms with Crippen LogP contribution in [0.2, 0.25) is 0 Å². The van der Waals surface area contributed by atoms with Gasteiger partial charge in [0.1, 0.15) is 19.0 Å². The molecule has 2 N–H and O–H groups in total. The predicted octanol–water partition coefficient (Wildman–Crippen LogP) is 1.08. The van der Waals surface area contributed by atoms with Gasteiger partial charge in [-0.1, -0.05) is 22.6 Å². The molecule has 0 unspecified atom stereocenters. The van der Waals surface area contributed by atoms with Gasteiger partial charge in [-0.25, -0.2) is 4.79 Å². The molecule has 1 amide bonds. The second kappa shape index (κ2) is 5.68. The number of carbonyl (C=O) groups excluding carboxylic acids is 1. The fraction of sp³-hybridized carbons (Fsp3) is 0.429. The Hall–Kier alpha value is -0.990. The van der Waals surface area contributed by atoms with Gasteiger partial charge in [-0.3, -0.25) is 0 Å². The van der Waals surface area contributed by atoms with E-state index in [0.29, 0.717) is 5.88 Å². The summed E-state index contributed by atoms with van der Waals surface area (Å²) in [5.74, 6) is 1.11. The molecule has 1 aromatic heterocycles. The highest BCUT2D eigenvalue weighted by Crippen LogP contribution is 2.13. The number of carbonyl (C=O) groups is 1. The summed E-state index contributed by atoms with van der Waals surface area (Å²) < 4.78 is 15.2. The van der Waals surface area contributed by atoms with Gasteiger partial charge in [-0.2, -0.15) is 0 Å². The average molecular weight is 312 g/mol. The van der Waals surface area contributed by atoms with Crippen molar-refractivity contribution in [2.24, 2.45) is 5.73 Å². The molecule has 0 atom stereocenters. The van der Waals surface area contributed by atoms with Gasteiger partial charge in [0.25, 0.3) is 5.88 Å². The number of aromatic nitrogens is 1. The summed E-state index contributed by atoms with van der Waals surface area (Å²) in [6.45, 7) is 0.303. The number of ether oxygens (including phenoxy) is 2. The van der Waals surface area contributed by atoms with Crippen molar-refractivity contribution in [3.8, 4) is 5.88 Å². The van der Waals surface area contributed by atoms with Crippen molar-refractivity contribution < 1.29 is 18.8 Å². The summed E-state index contributed by atoms with van der Waals surface area (Å²) >= 11 is 2.15. The van der Waals surface area contributed by atoms with E-state index in [1.807, 2.05) is 0 Å². The van der Waals surface area contributed by atoms with Gasteiger partial charge in [0.05, 0.1) is 4.43 Å². The Morgan fingerprint density at radius 2 is 2.43 bits per heavy atom. The summed E-state index contributed by atoms with van der Waals surface area (Å²) in [6, 6.07) is 1.68. The van der Waals surface area contributed by atoms with Crippen LogP contribution in [0.1, 0.15) is 5.76 Å². The minimum atomic E-state index is -0.818. The van der Waals surface area contributed by atoms with E-state index < -0.39 is 6.09 Å². The Bertz CT molecular complexity index is 302. The molecule has 78 valence electrons. The topological polar surface area (TPSA) is 87.6 Å². The molecule has 0 aromatic carbocycles. The van der Waals surface area contributed by atoms with Crippen LogP contribution in [0.5, 0.6) is 5.88 Å². The molecule has 0 aliphatic carbocycles. The molecule has 1 aromatic rings. The van der Waals surface area contributed by atoms with Crippen LogP contribution in [0.25, 0.3) is 0 Å². The molecule has 14 heavy (non-hydrogen) atoms. The maximum Gasteiger partial charge on any atom is 0.404 e. The van der Waals surface area contributed by atoms with Crippen LogP contribution >= 0.6 is 22.6 Å². The molecule has 0 radical (unpaired) electrons. The second-order valence-corrected chi connectivity index (χ2v) is 3.04. The monoisotopic (exact) mass is 312 g/mol. The largest absolute Gasteiger partial charge is 0.472 e. The van der Waals surface area contributed by atoms with Gasteiger partial charge in [0.15, 0.2) is 0 Å². The number of hydrogen-bond donors (Lipinski definition) is 1. The van der Waals surface area contributed by atoms with E-state index in [1.54, 1.807) is 6.07 Å². The molecule has 0 aliphatic heterocycles. The molecule has 0 fully saturated rings. The Labute approximate surface area is 93.8 Å². The maximum absolute atomic E-state index is 10.2. The molecule has 0 spiro atoms. The number of primary amides is 1. The van der Waals surface area contributed by atoms with Crippen LogP contribution in [-0.2, 0) is 9.16 Å². The lowest BCUT2D eigenvalue weighted by molar-refractivity contribution is 0.131. The molecular formula is C7H9IN2O4. The summed E-state index contributed by atoms with van der Waals surface area (Å²) in [7, 11) is 0. The smallest absolute Gasteiger partial charge is 0.404 e. The van der Waals surface area contributed by atoms with Gasteiger partial charge >= 0.3 is 6.09 Å². The number of halogens is 1. The second-order valence-electron chi connectivity index (χ2n) is 2.28. The minimum Gasteiger partial charge on any atom is -0.472 e. The van der Waals surface area contributed by atoms with Crippen LogP contribution < -0.4 is 10.5 Å². The fourth-order valence-corrected chi connectivity index (χ4v) is 1.07. The highest BCUT2D eigenvalue weighted by Gasteiger charge is 2.03. The third kappa shape index (κ3) is 3.81. The molecular weight excluding hydrogens is 303 g/mol. The minimum absolute atomic E-state index is 0.0990. The maximum atomic E-state index is 10.2. The Morgan fingerprint density at radius 1 is 1.64 bits per heavy atom. The zero-order valence-corrected chi connectivity index (χ0v) is 9.39. The van der Waals surface area contributed by atoms with Crippen molar-refractivity contribution in [2.75, 3.05) is 13.2 Å². The van der Waals surface area contributed by atoms with Crippen molar-refractivity contribution >= 4 is 28.7 Å². The lowest BCUT2D eigenvalue weighted by atomic mass is 10.5. The van der Waals surface area contributed by atoms with Crippen molar-refractivity contribution in [3.63, 3.8) is 0 Å². The van der Waals surface area contributed by atoms with E-state index in [-0.39, 0.29) is 13.2 Å². The molecule has 0 saturated heterocycles. The first-order chi connectivity index (χ1) is 6.72. The lowest BCUT2D eigenvalue weighted by Crippen LogP contribution is -2.17. The number of hydrogen-bond acceptors (Lipinski definition) is 5. The summed E-state index contributed by atoms with van der Waals surface area (Å²) in [5.41, 5.74) is 4.75. The first-order valence-electron chi connectivity index (χ1n) is 3.79. The number of nitrogens with zero attached hydrogens (tertiary/aromatic N) is 1. The normalized spacial score (nSPS) is 9.79. The highest BCUT2D eigenvalue weighted by molar-refractivity contribution is 14.1. The van der Waals surface area contributed by atoms with E-state index in [1.165, 1.54) is 0 Å². The summed E-state index contributed by atoms with van der Waals surface area (Å²) in [4.78, 5) is 10.2. The van der Waals surface area contributed by atoms with E-state index in [0.717, 1.165) is 10.2 Å². The van der Waals surface area contributed by atoms with Crippen molar-refractivity contribution in [3.05, 3.63) is 11.8 Å². The summed E-state index contributed by atoms with van der Waals surface area (Å²) in [6.07, 6.45) is -0.818. The quantitative estimate of drug-likeness (QED) is 0.499. The Balaban J connectivity index is 2.21. The van der Waals surface area contributed by atoms with Crippen molar-refractivity contribution in [1.82, 2.24) is 5.16 Å². The standard InChI is InChI=1S/C7H9IN2O4/c8-4-5-3-6(10-14-5)12-1-2-13-7(9)11/h3H,1-2,4H2,(H2,9,11). The van der Waals surface area contributed by atoms with E-state index in [4.69, 9.17) is 15.0 Å². The molecule has 0 bridgehead atoms. The number of nitrogens with two attached hydrogens (primary N) is 1. The molecule has 1 rings (SSSR count). The third-order valence-corrected chi connectivity index (χ3v) is 2.00. The van der Waals surface area contributed by atoms with Crippen molar-refractivity contribution in [1.29, 1.82) is 0 Å². The van der Waals surface area contributed by atoms with Gasteiger partial charge < -0.3 is 19.7 Å². The van der Waals surface area contributed by atoms with Crippen LogP contribution in [-0.4, -0.2) is 24.5 Å². The van der Waals surface area contributed by atoms with Crippen LogP contribution in [0.3, 0.4) is 0 Å². The van der Waals surface area contributed by atoms with E-state index >= 15 is 0 Å². The number of alkyl halides is 1. The number of amides is 1. The molecule has 7 heteroatoms. The summed E-state index contributed by atoms with van der Waals surface area (Å²) in [5, 5.41) is 3.63. The fourth-order valence-electron chi connectivity index (χ4n) is 0.714. The van der Waals surface area contributed by atoms with Gasteiger partial charge in [0.2, 0.25) is 0 Å². The van der Waals surface area contributed by atoms with E-state index in [2.05, 4.69) is 32.5 Å². The van der Waals surface area contributed by atoms with Gasteiger partial charge in [0, 0.05) is 6.07 Å². The molecule has 6 nitrogen and oxygen atoms in total. The highest BCUT2D eigenvalue weighted by atomic mass is 127. The lowest BCUT2D eigenvalue weighted by Gasteiger charge is -2.00. The van der Waals surface area contributed by atoms with Gasteiger partial charge in [-0.15, -0.1) is 0 Å².